The molecule has 3 aromatic carbocycles. The van der Waals surface area contributed by atoms with Gasteiger partial charge in [0.05, 0.1) is 42.3 Å². The summed E-state index contributed by atoms with van der Waals surface area (Å²) in [7, 11) is -3.82. The van der Waals surface area contributed by atoms with Crippen LogP contribution in [-0.2, 0) is 9.84 Å². The van der Waals surface area contributed by atoms with E-state index in [2.05, 4.69) is 15.3 Å². The highest BCUT2D eigenvalue weighted by molar-refractivity contribution is 7.91. The van der Waals surface area contributed by atoms with Crippen LogP contribution in [0.15, 0.2) is 88.2 Å². The molecule has 0 aliphatic heterocycles. The average molecular weight is 461 g/mol. The number of benzene rings is 3. The van der Waals surface area contributed by atoms with Crippen molar-refractivity contribution in [2.75, 3.05) is 5.32 Å². The number of nitrogens with one attached hydrogen (secondary N) is 1. The van der Waals surface area contributed by atoms with E-state index >= 15 is 0 Å². The van der Waals surface area contributed by atoms with Crippen LogP contribution in [0.25, 0.3) is 21.1 Å². The lowest BCUT2D eigenvalue weighted by Gasteiger charge is -2.15. The van der Waals surface area contributed by atoms with Gasteiger partial charge in [-0.1, -0.05) is 30.3 Å². The number of sulfone groups is 1. The van der Waals surface area contributed by atoms with Crippen LogP contribution in [0.5, 0.6) is 0 Å². The van der Waals surface area contributed by atoms with Gasteiger partial charge in [-0.25, -0.2) is 13.4 Å². The Morgan fingerprint density at radius 1 is 0.969 bits per heavy atom. The monoisotopic (exact) mass is 460 g/mol. The van der Waals surface area contributed by atoms with Gasteiger partial charge in [0.25, 0.3) is 5.91 Å². The Morgan fingerprint density at radius 2 is 1.78 bits per heavy atom. The molecule has 158 valence electrons. The van der Waals surface area contributed by atoms with Gasteiger partial charge in [-0.3, -0.25) is 9.78 Å². The van der Waals surface area contributed by atoms with Crippen LogP contribution in [0.2, 0.25) is 0 Å². The molecule has 1 amide bonds. The molecule has 0 unspecified atom stereocenters. The van der Waals surface area contributed by atoms with E-state index < -0.39 is 15.7 Å². The largest absolute Gasteiger partial charge is 0.365 e. The molecular weight excluding hydrogens is 444 g/mol. The molecule has 0 atom stereocenters. The van der Waals surface area contributed by atoms with Gasteiger partial charge >= 0.3 is 0 Å². The zero-order valence-corrected chi connectivity index (χ0v) is 18.2. The number of carbonyl (C=O) groups is 1. The van der Waals surface area contributed by atoms with Crippen LogP contribution < -0.4 is 11.1 Å². The molecule has 3 N–H and O–H groups in total. The molecule has 0 bridgehead atoms. The van der Waals surface area contributed by atoms with Crippen molar-refractivity contribution in [1.29, 1.82) is 0 Å². The molecule has 32 heavy (non-hydrogen) atoms. The molecule has 0 radical (unpaired) electrons. The summed E-state index contributed by atoms with van der Waals surface area (Å²) in [6.07, 6.45) is 1.31. The molecule has 2 aromatic heterocycles. The minimum atomic E-state index is -3.82. The van der Waals surface area contributed by atoms with E-state index in [1.54, 1.807) is 35.8 Å². The lowest BCUT2D eigenvalue weighted by atomic mass is 10.1. The van der Waals surface area contributed by atoms with E-state index in [1.165, 1.54) is 35.7 Å². The number of nitrogens with two attached hydrogens (primary N) is 1. The van der Waals surface area contributed by atoms with Crippen molar-refractivity contribution in [3.8, 4) is 0 Å². The van der Waals surface area contributed by atoms with Crippen LogP contribution in [0.3, 0.4) is 0 Å². The number of amides is 1. The molecule has 0 spiro atoms. The van der Waals surface area contributed by atoms with Crippen LogP contribution >= 0.6 is 11.3 Å². The van der Waals surface area contributed by atoms with Gasteiger partial charge in [0.15, 0.2) is 0 Å². The first-order chi connectivity index (χ1) is 15.4. The molecule has 0 saturated heterocycles. The normalized spacial score (nSPS) is 11.6. The van der Waals surface area contributed by atoms with Crippen molar-refractivity contribution in [2.45, 2.75) is 9.79 Å². The number of fused-ring (bicyclic) bond motifs is 2. The number of hydrogen-bond acceptors (Lipinski definition) is 7. The molecule has 0 fully saturated rings. The summed E-state index contributed by atoms with van der Waals surface area (Å²) in [6, 6.07) is 18.6. The van der Waals surface area contributed by atoms with Gasteiger partial charge in [-0.2, -0.15) is 0 Å². The van der Waals surface area contributed by atoms with Gasteiger partial charge in [0, 0.05) is 17.3 Å². The van der Waals surface area contributed by atoms with Gasteiger partial charge in [0.2, 0.25) is 9.84 Å². The third-order valence-corrected chi connectivity index (χ3v) is 7.66. The Morgan fingerprint density at radius 3 is 2.56 bits per heavy atom. The molecule has 9 heteroatoms. The fourth-order valence-corrected chi connectivity index (χ4v) is 5.70. The van der Waals surface area contributed by atoms with Crippen molar-refractivity contribution in [3.63, 3.8) is 0 Å². The highest BCUT2D eigenvalue weighted by Gasteiger charge is 2.23. The minimum Gasteiger partial charge on any atom is -0.365 e. The van der Waals surface area contributed by atoms with E-state index in [-0.39, 0.29) is 20.9 Å². The summed E-state index contributed by atoms with van der Waals surface area (Å²) >= 11 is 1.50. The van der Waals surface area contributed by atoms with Gasteiger partial charge < -0.3 is 11.1 Å². The third kappa shape index (κ3) is 3.37. The molecule has 0 saturated carbocycles. The second kappa shape index (κ2) is 7.70. The van der Waals surface area contributed by atoms with Crippen LogP contribution in [0.4, 0.5) is 11.4 Å². The molecule has 5 aromatic rings. The summed E-state index contributed by atoms with van der Waals surface area (Å²) in [5, 5.41) is 3.72. The maximum Gasteiger partial charge on any atom is 0.252 e. The zero-order valence-electron chi connectivity index (χ0n) is 16.5. The molecule has 2 heterocycles. The second-order valence-electron chi connectivity index (χ2n) is 7.04. The smallest absolute Gasteiger partial charge is 0.252 e. The number of thiazole rings is 1. The van der Waals surface area contributed by atoms with E-state index in [0.29, 0.717) is 16.8 Å². The maximum absolute atomic E-state index is 13.3. The van der Waals surface area contributed by atoms with Crippen molar-refractivity contribution < 1.29 is 13.2 Å². The number of nitrogens with zero attached hydrogens (tertiary/aromatic N) is 2. The fraction of sp³-hybridized carbons (Fsp3) is 0. The average Bonchev–Trinajstić information content (AvgIpc) is 3.27. The summed E-state index contributed by atoms with van der Waals surface area (Å²) in [6.45, 7) is 0. The summed E-state index contributed by atoms with van der Waals surface area (Å²) in [5.74, 6) is -0.669. The van der Waals surface area contributed by atoms with Gasteiger partial charge in [-0.05, 0) is 36.4 Å². The molecule has 0 aliphatic rings. The van der Waals surface area contributed by atoms with E-state index in [0.717, 1.165) is 10.2 Å². The summed E-state index contributed by atoms with van der Waals surface area (Å²) in [4.78, 5) is 20.9. The Bertz CT molecular complexity index is 1600. The van der Waals surface area contributed by atoms with E-state index in [1.807, 2.05) is 18.2 Å². The number of pyridine rings is 1. The van der Waals surface area contributed by atoms with Crippen molar-refractivity contribution in [2.24, 2.45) is 5.73 Å². The van der Waals surface area contributed by atoms with Crippen molar-refractivity contribution >= 4 is 59.6 Å². The Labute approximate surface area is 187 Å². The van der Waals surface area contributed by atoms with E-state index in [4.69, 9.17) is 5.73 Å². The number of rotatable bonds is 5. The molecule has 7 nitrogen and oxygen atoms in total. The fourth-order valence-electron chi connectivity index (χ4n) is 3.54. The summed E-state index contributed by atoms with van der Waals surface area (Å²) < 4.78 is 27.6. The number of anilines is 2. The Kier molecular flexibility index (Phi) is 4.84. The molecular formula is C23H16N4O3S2. The predicted octanol–water partition coefficient (Wildman–Crippen LogP) is 4.52. The van der Waals surface area contributed by atoms with Crippen molar-refractivity contribution in [3.05, 3.63) is 84.0 Å². The maximum atomic E-state index is 13.3. The third-order valence-electron chi connectivity index (χ3n) is 5.07. The highest BCUT2D eigenvalue weighted by Crippen LogP contribution is 2.35. The van der Waals surface area contributed by atoms with Crippen LogP contribution in [0.1, 0.15) is 10.4 Å². The van der Waals surface area contributed by atoms with E-state index in [9.17, 15) is 13.2 Å². The minimum absolute atomic E-state index is 0.0539. The first-order valence-corrected chi connectivity index (χ1v) is 11.9. The van der Waals surface area contributed by atoms with Gasteiger partial charge in [0.1, 0.15) is 0 Å². The first-order valence-electron chi connectivity index (χ1n) is 9.57. The van der Waals surface area contributed by atoms with Crippen molar-refractivity contribution in [1.82, 2.24) is 9.97 Å². The van der Waals surface area contributed by atoms with Crippen LogP contribution in [-0.4, -0.2) is 24.3 Å². The lowest BCUT2D eigenvalue weighted by molar-refractivity contribution is 0.100. The quantitative estimate of drug-likeness (QED) is 0.398. The number of para-hydroxylation sites is 1. The number of primary amides is 1. The number of carbonyl (C=O) groups excluding carboxylic acids is 1. The predicted molar refractivity (Wildman–Crippen MR) is 125 cm³/mol. The first kappa shape index (κ1) is 20.1. The lowest BCUT2D eigenvalue weighted by Crippen LogP contribution is -2.14. The summed E-state index contributed by atoms with van der Waals surface area (Å²) in [5.41, 5.74) is 9.76. The number of aromatic nitrogens is 2. The van der Waals surface area contributed by atoms with Gasteiger partial charge in [-0.15, -0.1) is 11.3 Å². The zero-order chi connectivity index (χ0) is 22.3. The van der Waals surface area contributed by atoms with Crippen LogP contribution in [0, 0.1) is 0 Å². The Balaban J connectivity index is 1.72. The SMILES string of the molecule is NC(=O)c1cnc2c(S(=O)(=O)c3ccccc3)cccc2c1Nc1ccc2ncsc2c1. The molecule has 5 rings (SSSR count). The number of hydrogen-bond donors (Lipinski definition) is 2. The molecule has 0 aliphatic carbocycles. The second-order valence-corrected chi connectivity index (χ2v) is 9.84. The highest BCUT2D eigenvalue weighted by atomic mass is 32.2. The Hall–Kier alpha value is -3.82. The topological polar surface area (TPSA) is 115 Å². The standard InChI is InChI=1S/C23H16N4O3S2/c24-23(28)17-12-25-22-16(21(17)27-14-9-10-18-19(11-14)31-13-26-18)7-4-8-20(22)32(29,30)15-5-2-1-3-6-15/h1-13H,(H2,24,28)(H,25,27).